The van der Waals surface area contributed by atoms with E-state index in [0.29, 0.717) is 6.42 Å². The van der Waals surface area contributed by atoms with Gasteiger partial charge < -0.3 is 19.4 Å². The molecule has 1 saturated heterocycles. The number of rotatable bonds is 14. The molecule has 1 amide bonds. The fourth-order valence-electron chi connectivity index (χ4n) is 3.90. The molecule has 0 unspecified atom stereocenters. The van der Waals surface area contributed by atoms with E-state index in [1.165, 1.54) is 17.5 Å². The Morgan fingerprint density at radius 2 is 1.61 bits per heavy atom. The monoisotopic (exact) mass is 475 g/mol. The average Bonchev–Trinajstić information content (AvgIpc) is 2.76. The minimum absolute atomic E-state index is 0.00455. The van der Waals surface area contributed by atoms with E-state index in [2.05, 4.69) is 40.9 Å². The number of carbonyl (C=O) groups is 1. The van der Waals surface area contributed by atoms with Gasteiger partial charge >= 0.3 is 7.82 Å². The fraction of sp³-hybridized carbons (Fsp3) is 0.480. The Morgan fingerprint density at radius 1 is 0.909 bits per heavy atom. The molecule has 2 aromatic rings. The number of phosphoric ester groups is 1. The number of hydrogen-bond acceptors (Lipinski definition) is 4. The number of nitrogens with zero attached hydrogens (tertiary/aromatic N) is 1. The molecule has 0 aromatic heterocycles. The first-order valence-electron chi connectivity index (χ1n) is 11.7. The SMILES string of the molecule is O=C(CCCCc1cccc(OCCCCCc2ccccc2)c1)N1CC(OP(=O)(O)O)C1. The van der Waals surface area contributed by atoms with Gasteiger partial charge in [0.1, 0.15) is 11.9 Å². The highest BCUT2D eigenvalue weighted by atomic mass is 31.2. The van der Waals surface area contributed by atoms with E-state index in [9.17, 15) is 9.36 Å². The quantitative estimate of drug-likeness (QED) is 0.308. The molecule has 1 fully saturated rings. The van der Waals surface area contributed by atoms with Crippen LogP contribution in [-0.4, -0.2) is 46.4 Å². The lowest BCUT2D eigenvalue weighted by Crippen LogP contribution is -2.54. The second kappa shape index (κ2) is 12.9. The zero-order valence-electron chi connectivity index (χ0n) is 19.0. The smallest absolute Gasteiger partial charge is 0.469 e. The molecule has 180 valence electrons. The van der Waals surface area contributed by atoms with Crippen molar-refractivity contribution in [2.24, 2.45) is 0 Å². The third-order valence-electron chi connectivity index (χ3n) is 5.71. The van der Waals surface area contributed by atoms with Gasteiger partial charge in [-0.05, 0) is 68.2 Å². The molecular formula is C25H34NO6P. The lowest BCUT2D eigenvalue weighted by Gasteiger charge is -2.38. The van der Waals surface area contributed by atoms with Gasteiger partial charge in [0, 0.05) is 19.5 Å². The molecule has 33 heavy (non-hydrogen) atoms. The van der Waals surface area contributed by atoms with Gasteiger partial charge in [0.2, 0.25) is 5.91 Å². The number of hydrogen-bond donors (Lipinski definition) is 2. The Kier molecular flexibility index (Phi) is 9.95. The zero-order valence-corrected chi connectivity index (χ0v) is 19.9. The van der Waals surface area contributed by atoms with Crippen molar-refractivity contribution >= 4 is 13.7 Å². The van der Waals surface area contributed by atoms with E-state index in [0.717, 1.165) is 50.9 Å². The molecule has 2 N–H and O–H groups in total. The molecule has 0 aliphatic carbocycles. The first-order chi connectivity index (χ1) is 15.9. The van der Waals surface area contributed by atoms with Crippen LogP contribution in [0.1, 0.15) is 49.7 Å². The van der Waals surface area contributed by atoms with Crippen molar-refractivity contribution in [2.75, 3.05) is 19.7 Å². The Balaban J connectivity index is 1.24. The minimum atomic E-state index is -4.48. The molecule has 0 bridgehead atoms. The van der Waals surface area contributed by atoms with E-state index < -0.39 is 13.9 Å². The predicted octanol–water partition coefficient (Wildman–Crippen LogP) is 4.51. The van der Waals surface area contributed by atoms with Crippen molar-refractivity contribution in [3.8, 4) is 5.75 Å². The predicted molar refractivity (Wildman–Crippen MR) is 127 cm³/mol. The largest absolute Gasteiger partial charge is 0.494 e. The maximum atomic E-state index is 12.1. The molecular weight excluding hydrogens is 441 g/mol. The average molecular weight is 476 g/mol. The molecule has 8 heteroatoms. The van der Waals surface area contributed by atoms with Gasteiger partial charge in [-0.1, -0.05) is 42.5 Å². The Bertz CT molecular complexity index is 910. The van der Waals surface area contributed by atoms with E-state index in [1.807, 2.05) is 18.2 Å². The molecule has 2 aromatic carbocycles. The summed E-state index contributed by atoms with van der Waals surface area (Å²) in [6, 6.07) is 18.7. The minimum Gasteiger partial charge on any atom is -0.494 e. The lowest BCUT2D eigenvalue weighted by molar-refractivity contribution is -0.140. The number of carbonyl (C=O) groups excluding carboxylic acids is 1. The van der Waals surface area contributed by atoms with Crippen LogP contribution < -0.4 is 4.74 Å². The summed E-state index contributed by atoms with van der Waals surface area (Å²) in [5, 5.41) is 0. The van der Waals surface area contributed by atoms with Crippen molar-refractivity contribution in [2.45, 2.75) is 57.5 Å². The van der Waals surface area contributed by atoms with Crippen molar-refractivity contribution in [3.05, 3.63) is 65.7 Å². The van der Waals surface area contributed by atoms with Crippen LogP contribution in [0.3, 0.4) is 0 Å². The summed E-state index contributed by atoms with van der Waals surface area (Å²) in [5.41, 5.74) is 2.58. The van der Waals surface area contributed by atoms with Crippen LogP contribution in [0.25, 0.3) is 0 Å². The first kappa shape index (κ1) is 25.4. The Morgan fingerprint density at radius 3 is 2.36 bits per heavy atom. The first-order valence-corrected chi connectivity index (χ1v) is 13.2. The maximum absolute atomic E-state index is 12.1. The van der Waals surface area contributed by atoms with Crippen LogP contribution >= 0.6 is 7.82 Å². The summed E-state index contributed by atoms with van der Waals surface area (Å²) >= 11 is 0. The van der Waals surface area contributed by atoms with Gasteiger partial charge in [0.25, 0.3) is 0 Å². The summed E-state index contributed by atoms with van der Waals surface area (Å²) in [6.07, 6.45) is 6.87. The summed E-state index contributed by atoms with van der Waals surface area (Å²) in [4.78, 5) is 31.3. The molecule has 1 heterocycles. The number of ether oxygens (including phenoxy) is 1. The third-order valence-corrected chi connectivity index (χ3v) is 6.29. The van der Waals surface area contributed by atoms with Crippen LogP contribution in [0.4, 0.5) is 0 Å². The standard InChI is InChI=1S/C25H34NO6P/c27-25(26-19-24(20-26)32-33(28,29)30)16-7-6-13-22-14-9-15-23(18-22)31-17-8-2-5-12-21-10-3-1-4-11-21/h1,3-4,9-11,14-15,18,24H,2,5-8,12-13,16-17,19-20H2,(H2,28,29,30). The van der Waals surface area contributed by atoms with Crippen LogP contribution in [-0.2, 0) is 26.7 Å². The van der Waals surface area contributed by atoms with Crippen LogP contribution in [0.5, 0.6) is 5.75 Å². The Hall–Kier alpha value is -2.18. The van der Waals surface area contributed by atoms with E-state index in [1.54, 1.807) is 4.90 Å². The highest BCUT2D eigenvalue weighted by Crippen LogP contribution is 2.39. The van der Waals surface area contributed by atoms with Gasteiger partial charge in [-0.3, -0.25) is 9.32 Å². The van der Waals surface area contributed by atoms with Crippen LogP contribution in [0, 0.1) is 0 Å². The topological polar surface area (TPSA) is 96.3 Å². The van der Waals surface area contributed by atoms with Gasteiger partial charge in [-0.2, -0.15) is 0 Å². The molecule has 1 aliphatic heterocycles. The molecule has 0 saturated carbocycles. The summed E-state index contributed by atoms with van der Waals surface area (Å²) < 4.78 is 21.3. The number of aryl methyl sites for hydroxylation is 2. The highest BCUT2D eigenvalue weighted by molar-refractivity contribution is 7.46. The number of phosphoric acid groups is 1. The van der Waals surface area contributed by atoms with E-state index in [-0.39, 0.29) is 19.0 Å². The molecule has 0 atom stereocenters. The van der Waals surface area contributed by atoms with Gasteiger partial charge in [0.15, 0.2) is 0 Å². The maximum Gasteiger partial charge on any atom is 0.469 e. The summed E-state index contributed by atoms with van der Waals surface area (Å²) in [6.45, 7) is 1.21. The molecule has 7 nitrogen and oxygen atoms in total. The number of amides is 1. The third kappa shape index (κ3) is 9.68. The fourth-order valence-corrected chi connectivity index (χ4v) is 4.42. The second-order valence-electron chi connectivity index (χ2n) is 8.52. The number of unbranched alkanes of at least 4 members (excludes halogenated alkanes) is 3. The number of benzene rings is 2. The van der Waals surface area contributed by atoms with Crippen LogP contribution in [0.2, 0.25) is 0 Å². The van der Waals surface area contributed by atoms with E-state index in [4.69, 9.17) is 14.5 Å². The van der Waals surface area contributed by atoms with Crippen molar-refractivity contribution in [1.29, 1.82) is 0 Å². The highest BCUT2D eigenvalue weighted by Gasteiger charge is 2.35. The summed E-state index contributed by atoms with van der Waals surface area (Å²) in [7, 11) is -4.48. The molecule has 0 spiro atoms. The normalized spacial score (nSPS) is 14.2. The number of likely N-dealkylation sites (tertiary alicyclic amines) is 1. The molecule has 3 rings (SSSR count). The molecule has 1 aliphatic rings. The van der Waals surface area contributed by atoms with Gasteiger partial charge in [-0.25, -0.2) is 4.57 Å². The lowest BCUT2D eigenvalue weighted by atomic mass is 10.1. The van der Waals surface area contributed by atoms with E-state index >= 15 is 0 Å². The van der Waals surface area contributed by atoms with Crippen molar-refractivity contribution < 1.29 is 28.4 Å². The van der Waals surface area contributed by atoms with Crippen molar-refractivity contribution in [1.82, 2.24) is 4.90 Å². The molecule has 0 radical (unpaired) electrons. The van der Waals surface area contributed by atoms with Gasteiger partial charge in [-0.15, -0.1) is 0 Å². The zero-order chi connectivity index (χ0) is 23.5. The second-order valence-corrected chi connectivity index (χ2v) is 9.71. The van der Waals surface area contributed by atoms with Crippen molar-refractivity contribution in [3.63, 3.8) is 0 Å². The summed E-state index contributed by atoms with van der Waals surface area (Å²) in [5.74, 6) is 0.897. The van der Waals surface area contributed by atoms with Gasteiger partial charge in [0.05, 0.1) is 6.61 Å². The van der Waals surface area contributed by atoms with Crippen LogP contribution in [0.15, 0.2) is 54.6 Å². The Labute approximate surface area is 196 Å².